The number of nitrogens with one attached hydrogen (secondary N) is 2. The Balaban J connectivity index is 1.86. The van der Waals surface area contributed by atoms with E-state index >= 15 is 0 Å². The van der Waals surface area contributed by atoms with Crippen molar-refractivity contribution in [1.82, 2.24) is 5.32 Å². The van der Waals surface area contributed by atoms with Gasteiger partial charge in [-0.2, -0.15) is 0 Å². The largest absolute Gasteiger partial charge is 0.376 e. The molecule has 3 nitrogen and oxygen atoms in total. The zero-order chi connectivity index (χ0) is 15.2. The van der Waals surface area contributed by atoms with Gasteiger partial charge in [-0.3, -0.25) is 4.79 Å². The molecule has 0 bridgehead atoms. The number of amides is 1. The summed E-state index contributed by atoms with van der Waals surface area (Å²) in [6.45, 7) is 3.74. The topological polar surface area (TPSA) is 41.1 Å². The normalized spacial score (nSPS) is 11.8. The van der Waals surface area contributed by atoms with E-state index in [4.69, 9.17) is 0 Å². The first kappa shape index (κ1) is 15.0. The summed E-state index contributed by atoms with van der Waals surface area (Å²) in [4.78, 5) is 11.9. The second-order valence-electron chi connectivity index (χ2n) is 5.02. The van der Waals surface area contributed by atoms with Crippen molar-refractivity contribution in [1.29, 1.82) is 0 Å². The third-order valence-corrected chi connectivity index (χ3v) is 3.30. The highest BCUT2D eigenvalue weighted by Gasteiger charge is 2.09. The first-order chi connectivity index (χ1) is 10.1. The first-order valence-corrected chi connectivity index (χ1v) is 6.90. The van der Waals surface area contributed by atoms with E-state index in [1.807, 2.05) is 37.3 Å². The molecular formula is C17H19FN2O. The molecule has 0 radical (unpaired) electrons. The van der Waals surface area contributed by atoms with Gasteiger partial charge in [-0.15, -0.1) is 0 Å². The lowest BCUT2D eigenvalue weighted by Crippen LogP contribution is -2.32. The third kappa shape index (κ3) is 4.31. The van der Waals surface area contributed by atoms with E-state index in [1.165, 1.54) is 6.07 Å². The average Bonchev–Trinajstić information content (AvgIpc) is 2.49. The summed E-state index contributed by atoms with van der Waals surface area (Å²) in [6.07, 6.45) is 0. The molecule has 4 heteroatoms. The number of rotatable bonds is 5. The van der Waals surface area contributed by atoms with Crippen molar-refractivity contribution < 1.29 is 9.18 Å². The highest BCUT2D eigenvalue weighted by molar-refractivity contribution is 5.81. The van der Waals surface area contributed by atoms with Gasteiger partial charge in [0.2, 0.25) is 5.91 Å². The number of carbonyl (C=O) groups excluding carboxylic acids is 1. The lowest BCUT2D eigenvalue weighted by atomic mass is 10.1. The van der Waals surface area contributed by atoms with Crippen LogP contribution in [0.15, 0.2) is 48.5 Å². The van der Waals surface area contributed by atoms with E-state index in [0.717, 1.165) is 5.56 Å². The standard InChI is InChI=1S/C17H19FN2O/c1-12-8-9-15(10-16(12)18)19-11-17(21)20-13(2)14-6-4-3-5-7-14/h3-10,13,19H,11H2,1-2H3,(H,20,21)/t13-/m0/s1. The zero-order valence-corrected chi connectivity index (χ0v) is 12.2. The average molecular weight is 286 g/mol. The van der Waals surface area contributed by atoms with Gasteiger partial charge >= 0.3 is 0 Å². The number of halogens is 1. The molecule has 0 spiro atoms. The Morgan fingerprint density at radius 3 is 2.57 bits per heavy atom. The van der Waals surface area contributed by atoms with Crippen LogP contribution in [0.3, 0.4) is 0 Å². The number of benzene rings is 2. The summed E-state index contributed by atoms with van der Waals surface area (Å²) in [5.74, 6) is -0.412. The Bertz CT molecular complexity index is 613. The highest BCUT2D eigenvalue weighted by atomic mass is 19.1. The van der Waals surface area contributed by atoms with Crippen LogP contribution in [-0.4, -0.2) is 12.5 Å². The third-order valence-electron chi connectivity index (χ3n) is 3.30. The monoisotopic (exact) mass is 286 g/mol. The highest BCUT2D eigenvalue weighted by Crippen LogP contribution is 2.14. The SMILES string of the molecule is Cc1ccc(NCC(=O)N[C@@H](C)c2ccccc2)cc1F. The zero-order valence-electron chi connectivity index (χ0n) is 12.2. The first-order valence-electron chi connectivity index (χ1n) is 6.90. The maximum atomic E-state index is 13.4. The lowest BCUT2D eigenvalue weighted by Gasteiger charge is -2.15. The second-order valence-corrected chi connectivity index (χ2v) is 5.02. The van der Waals surface area contributed by atoms with Gasteiger partial charge in [0, 0.05) is 5.69 Å². The van der Waals surface area contributed by atoms with Gasteiger partial charge in [0.25, 0.3) is 0 Å². The van der Waals surface area contributed by atoms with Crippen molar-refractivity contribution in [2.75, 3.05) is 11.9 Å². The Morgan fingerprint density at radius 1 is 1.19 bits per heavy atom. The minimum absolute atomic E-state index is 0.0600. The molecule has 0 aliphatic rings. The van der Waals surface area contributed by atoms with Crippen molar-refractivity contribution in [2.24, 2.45) is 0 Å². The molecule has 1 atom stereocenters. The van der Waals surface area contributed by atoms with Crippen LogP contribution in [0.5, 0.6) is 0 Å². The Hall–Kier alpha value is -2.36. The van der Waals surface area contributed by atoms with Crippen molar-refractivity contribution in [3.05, 3.63) is 65.5 Å². The van der Waals surface area contributed by atoms with E-state index in [1.54, 1.807) is 19.1 Å². The minimum Gasteiger partial charge on any atom is -0.376 e. The summed E-state index contributed by atoms with van der Waals surface area (Å²) >= 11 is 0. The van der Waals surface area contributed by atoms with Crippen LogP contribution in [0.1, 0.15) is 24.1 Å². The summed E-state index contributed by atoms with van der Waals surface area (Å²) < 4.78 is 13.4. The van der Waals surface area contributed by atoms with Crippen LogP contribution < -0.4 is 10.6 Å². The maximum Gasteiger partial charge on any atom is 0.239 e. The van der Waals surface area contributed by atoms with Gasteiger partial charge in [0.05, 0.1) is 12.6 Å². The van der Waals surface area contributed by atoms with Gasteiger partial charge in [0.15, 0.2) is 0 Å². The van der Waals surface area contributed by atoms with Crippen LogP contribution in [0.25, 0.3) is 0 Å². The quantitative estimate of drug-likeness (QED) is 0.884. The molecule has 0 unspecified atom stereocenters. The van der Waals surface area contributed by atoms with E-state index in [-0.39, 0.29) is 24.3 Å². The Labute approximate surface area is 124 Å². The molecule has 0 heterocycles. The fourth-order valence-electron chi connectivity index (χ4n) is 2.00. The van der Waals surface area contributed by atoms with E-state index in [2.05, 4.69) is 10.6 Å². The number of carbonyl (C=O) groups is 1. The molecule has 21 heavy (non-hydrogen) atoms. The Kier molecular flexibility index (Phi) is 4.93. The molecule has 0 saturated heterocycles. The van der Waals surface area contributed by atoms with Gasteiger partial charge in [-0.25, -0.2) is 4.39 Å². The molecule has 110 valence electrons. The lowest BCUT2D eigenvalue weighted by molar-refractivity contribution is -0.120. The number of hydrogen-bond acceptors (Lipinski definition) is 2. The number of hydrogen-bond donors (Lipinski definition) is 2. The van der Waals surface area contributed by atoms with Gasteiger partial charge in [-0.1, -0.05) is 36.4 Å². The summed E-state index contributed by atoms with van der Waals surface area (Å²) in [7, 11) is 0. The van der Waals surface area contributed by atoms with Gasteiger partial charge in [0.1, 0.15) is 5.82 Å². The van der Waals surface area contributed by atoms with E-state index in [0.29, 0.717) is 11.3 Å². The van der Waals surface area contributed by atoms with Crippen LogP contribution in [-0.2, 0) is 4.79 Å². The molecule has 2 aromatic carbocycles. The molecule has 0 aliphatic carbocycles. The smallest absolute Gasteiger partial charge is 0.239 e. The molecular weight excluding hydrogens is 267 g/mol. The maximum absolute atomic E-state index is 13.4. The number of anilines is 1. The van der Waals surface area contributed by atoms with Crippen molar-refractivity contribution in [3.63, 3.8) is 0 Å². The second kappa shape index (κ2) is 6.88. The molecule has 0 saturated carbocycles. The Morgan fingerprint density at radius 2 is 1.90 bits per heavy atom. The van der Waals surface area contributed by atoms with Crippen LogP contribution in [0.2, 0.25) is 0 Å². The van der Waals surface area contributed by atoms with Gasteiger partial charge in [-0.05, 0) is 37.1 Å². The van der Waals surface area contributed by atoms with E-state index < -0.39 is 0 Å². The van der Waals surface area contributed by atoms with Crippen molar-refractivity contribution in [2.45, 2.75) is 19.9 Å². The van der Waals surface area contributed by atoms with Crippen LogP contribution in [0, 0.1) is 12.7 Å². The fourth-order valence-corrected chi connectivity index (χ4v) is 2.00. The molecule has 2 N–H and O–H groups in total. The van der Waals surface area contributed by atoms with Crippen molar-refractivity contribution in [3.8, 4) is 0 Å². The number of aryl methyl sites for hydroxylation is 1. The van der Waals surface area contributed by atoms with Crippen LogP contribution >= 0.6 is 0 Å². The molecule has 0 aromatic heterocycles. The van der Waals surface area contributed by atoms with E-state index in [9.17, 15) is 9.18 Å². The van der Waals surface area contributed by atoms with Gasteiger partial charge < -0.3 is 10.6 Å². The summed E-state index contributed by atoms with van der Waals surface area (Å²) in [5.41, 5.74) is 2.23. The molecule has 1 amide bonds. The predicted molar refractivity (Wildman–Crippen MR) is 82.6 cm³/mol. The summed E-state index contributed by atoms with van der Waals surface area (Å²) in [6, 6.07) is 14.5. The minimum atomic E-state index is -0.280. The van der Waals surface area contributed by atoms with Crippen molar-refractivity contribution >= 4 is 11.6 Å². The molecule has 0 fully saturated rings. The predicted octanol–water partition coefficient (Wildman–Crippen LogP) is 3.42. The fraction of sp³-hybridized carbons (Fsp3) is 0.235. The molecule has 0 aliphatic heterocycles. The molecule has 2 rings (SSSR count). The molecule has 2 aromatic rings. The van der Waals surface area contributed by atoms with Crippen LogP contribution in [0.4, 0.5) is 10.1 Å². The summed E-state index contributed by atoms with van der Waals surface area (Å²) in [5, 5.41) is 5.81.